The minimum Gasteiger partial charge on any atom is -0.493 e. The lowest BCUT2D eigenvalue weighted by Crippen LogP contribution is -2.01. The van der Waals surface area contributed by atoms with Gasteiger partial charge in [0, 0.05) is 17.5 Å². The van der Waals surface area contributed by atoms with E-state index in [1.807, 2.05) is 18.2 Å². The monoisotopic (exact) mass is 260 g/mol. The molecule has 1 heterocycles. The van der Waals surface area contributed by atoms with E-state index in [0.29, 0.717) is 12.2 Å². The average molecular weight is 260 g/mol. The lowest BCUT2D eigenvalue weighted by atomic mass is 10.1. The van der Waals surface area contributed by atoms with E-state index >= 15 is 0 Å². The molecule has 0 radical (unpaired) electrons. The van der Waals surface area contributed by atoms with E-state index < -0.39 is 0 Å². The average Bonchev–Trinajstić information content (AvgIpc) is 2.39. The van der Waals surface area contributed by atoms with Crippen LogP contribution in [0.15, 0.2) is 33.5 Å². The van der Waals surface area contributed by atoms with Crippen LogP contribution in [-0.4, -0.2) is 6.61 Å². The van der Waals surface area contributed by atoms with Gasteiger partial charge in [0.2, 0.25) is 0 Å². The number of hydrogen-bond donors (Lipinski definition) is 0. The van der Waals surface area contributed by atoms with Gasteiger partial charge in [-0.05, 0) is 30.5 Å². The van der Waals surface area contributed by atoms with Crippen molar-refractivity contribution < 1.29 is 9.15 Å². The van der Waals surface area contributed by atoms with E-state index in [0.717, 1.165) is 42.4 Å². The third kappa shape index (κ3) is 3.37. The van der Waals surface area contributed by atoms with Crippen molar-refractivity contribution in [2.45, 2.75) is 39.5 Å². The maximum Gasteiger partial charge on any atom is 0.336 e. The largest absolute Gasteiger partial charge is 0.493 e. The van der Waals surface area contributed by atoms with Crippen LogP contribution in [-0.2, 0) is 6.42 Å². The Hall–Kier alpha value is -1.77. The zero-order valence-electron chi connectivity index (χ0n) is 11.6. The van der Waals surface area contributed by atoms with Crippen LogP contribution in [0.25, 0.3) is 11.0 Å². The summed E-state index contributed by atoms with van der Waals surface area (Å²) in [5.41, 5.74) is 1.38. The second kappa shape index (κ2) is 6.41. The molecule has 0 saturated carbocycles. The topological polar surface area (TPSA) is 39.4 Å². The highest BCUT2D eigenvalue weighted by Gasteiger charge is 2.06. The van der Waals surface area contributed by atoms with Crippen molar-refractivity contribution >= 4 is 11.0 Å². The smallest absolute Gasteiger partial charge is 0.336 e. The second-order valence-electron chi connectivity index (χ2n) is 4.70. The van der Waals surface area contributed by atoms with Crippen molar-refractivity contribution in [1.29, 1.82) is 0 Å². The van der Waals surface area contributed by atoms with Crippen molar-refractivity contribution in [3.05, 3.63) is 40.2 Å². The van der Waals surface area contributed by atoms with Crippen molar-refractivity contribution in [1.82, 2.24) is 0 Å². The number of rotatable bonds is 6. The SMILES string of the molecule is CCCCOc1ccc2c(CCC)cc(=O)oc2c1. The van der Waals surface area contributed by atoms with Gasteiger partial charge < -0.3 is 9.15 Å². The third-order valence-electron chi connectivity index (χ3n) is 3.09. The van der Waals surface area contributed by atoms with Crippen LogP contribution in [0, 0.1) is 0 Å². The summed E-state index contributed by atoms with van der Waals surface area (Å²) in [5, 5.41) is 1.00. The van der Waals surface area contributed by atoms with Gasteiger partial charge in [-0.1, -0.05) is 26.7 Å². The van der Waals surface area contributed by atoms with Gasteiger partial charge in [0.1, 0.15) is 11.3 Å². The van der Waals surface area contributed by atoms with Crippen molar-refractivity contribution in [2.24, 2.45) is 0 Å². The summed E-state index contributed by atoms with van der Waals surface area (Å²) in [6.07, 6.45) is 4.02. The summed E-state index contributed by atoms with van der Waals surface area (Å²) in [5.74, 6) is 0.762. The molecule has 102 valence electrons. The second-order valence-corrected chi connectivity index (χ2v) is 4.70. The maximum absolute atomic E-state index is 11.5. The molecule has 0 aliphatic heterocycles. The first-order valence-corrected chi connectivity index (χ1v) is 6.94. The molecular formula is C16H20O3. The number of aryl methyl sites for hydroxylation is 1. The number of hydrogen-bond acceptors (Lipinski definition) is 3. The Bertz CT molecular complexity index is 598. The van der Waals surface area contributed by atoms with Gasteiger partial charge in [0.25, 0.3) is 0 Å². The van der Waals surface area contributed by atoms with Crippen LogP contribution >= 0.6 is 0 Å². The standard InChI is InChI=1S/C16H20O3/c1-3-5-9-18-13-7-8-14-12(6-4-2)10-16(17)19-15(14)11-13/h7-8,10-11H,3-6,9H2,1-2H3. The molecule has 3 nitrogen and oxygen atoms in total. The fourth-order valence-electron chi connectivity index (χ4n) is 2.11. The van der Waals surface area contributed by atoms with E-state index in [1.165, 1.54) is 0 Å². The molecule has 0 fully saturated rings. The molecule has 0 aliphatic carbocycles. The Morgan fingerprint density at radius 3 is 2.74 bits per heavy atom. The summed E-state index contributed by atoms with van der Waals surface area (Å²) in [4.78, 5) is 11.5. The molecule has 0 atom stereocenters. The van der Waals surface area contributed by atoms with Gasteiger partial charge in [-0.15, -0.1) is 0 Å². The van der Waals surface area contributed by atoms with Gasteiger partial charge in [0.15, 0.2) is 0 Å². The predicted octanol–water partition coefficient (Wildman–Crippen LogP) is 3.92. The normalized spacial score (nSPS) is 10.8. The van der Waals surface area contributed by atoms with Gasteiger partial charge in [-0.3, -0.25) is 0 Å². The van der Waals surface area contributed by atoms with E-state index in [4.69, 9.17) is 9.15 Å². The number of benzene rings is 1. The first kappa shape index (κ1) is 13.7. The number of unbranched alkanes of at least 4 members (excludes halogenated alkanes) is 1. The molecular weight excluding hydrogens is 240 g/mol. The van der Waals surface area contributed by atoms with E-state index in [9.17, 15) is 4.79 Å². The van der Waals surface area contributed by atoms with Crippen LogP contribution in [0.5, 0.6) is 5.75 Å². The maximum atomic E-state index is 11.5. The first-order valence-electron chi connectivity index (χ1n) is 6.94. The van der Waals surface area contributed by atoms with Crippen LogP contribution in [0.1, 0.15) is 38.7 Å². The molecule has 19 heavy (non-hydrogen) atoms. The molecule has 2 aromatic rings. The third-order valence-corrected chi connectivity index (χ3v) is 3.09. The first-order chi connectivity index (χ1) is 9.24. The van der Waals surface area contributed by atoms with E-state index in [2.05, 4.69) is 13.8 Å². The summed E-state index contributed by atoms with van der Waals surface area (Å²) in [6, 6.07) is 7.32. The highest BCUT2D eigenvalue weighted by atomic mass is 16.5. The summed E-state index contributed by atoms with van der Waals surface area (Å²) < 4.78 is 10.9. The molecule has 0 amide bonds. The molecule has 0 aliphatic rings. The quantitative estimate of drug-likeness (QED) is 0.583. The van der Waals surface area contributed by atoms with E-state index in [1.54, 1.807) is 6.07 Å². The van der Waals surface area contributed by atoms with Gasteiger partial charge in [-0.2, -0.15) is 0 Å². The Balaban J connectivity index is 2.34. The fraction of sp³-hybridized carbons (Fsp3) is 0.438. The Morgan fingerprint density at radius 2 is 2.00 bits per heavy atom. The molecule has 2 rings (SSSR count). The lowest BCUT2D eigenvalue weighted by Gasteiger charge is -2.08. The van der Waals surface area contributed by atoms with Crippen molar-refractivity contribution in [2.75, 3.05) is 6.61 Å². The zero-order valence-corrected chi connectivity index (χ0v) is 11.6. The van der Waals surface area contributed by atoms with E-state index in [-0.39, 0.29) is 5.63 Å². The molecule has 0 N–H and O–H groups in total. The van der Waals surface area contributed by atoms with Crippen LogP contribution < -0.4 is 10.4 Å². The highest BCUT2D eigenvalue weighted by Crippen LogP contribution is 2.23. The summed E-state index contributed by atoms with van der Waals surface area (Å²) in [7, 11) is 0. The van der Waals surface area contributed by atoms with Gasteiger partial charge >= 0.3 is 5.63 Å². The minimum absolute atomic E-state index is 0.290. The van der Waals surface area contributed by atoms with Crippen LogP contribution in [0.3, 0.4) is 0 Å². The van der Waals surface area contributed by atoms with Crippen molar-refractivity contribution in [3.8, 4) is 5.75 Å². The molecule has 0 spiro atoms. The van der Waals surface area contributed by atoms with Gasteiger partial charge in [-0.25, -0.2) is 4.79 Å². The van der Waals surface area contributed by atoms with Crippen LogP contribution in [0.2, 0.25) is 0 Å². The zero-order chi connectivity index (χ0) is 13.7. The molecule has 0 bridgehead atoms. The number of ether oxygens (including phenoxy) is 1. The van der Waals surface area contributed by atoms with Crippen molar-refractivity contribution in [3.63, 3.8) is 0 Å². The fourth-order valence-corrected chi connectivity index (χ4v) is 2.11. The summed E-state index contributed by atoms with van der Waals surface area (Å²) >= 11 is 0. The van der Waals surface area contributed by atoms with Crippen LogP contribution in [0.4, 0.5) is 0 Å². The Kier molecular flexibility index (Phi) is 4.61. The minimum atomic E-state index is -0.290. The van der Waals surface area contributed by atoms with Gasteiger partial charge in [0.05, 0.1) is 6.61 Å². The summed E-state index contributed by atoms with van der Waals surface area (Å²) in [6.45, 7) is 4.92. The highest BCUT2D eigenvalue weighted by molar-refractivity contribution is 5.81. The lowest BCUT2D eigenvalue weighted by molar-refractivity contribution is 0.309. The molecule has 3 heteroatoms. The molecule has 1 aromatic heterocycles. The molecule has 1 aromatic carbocycles. The Morgan fingerprint density at radius 1 is 1.16 bits per heavy atom. The molecule has 0 unspecified atom stereocenters. The molecule has 0 saturated heterocycles. The predicted molar refractivity (Wildman–Crippen MR) is 76.9 cm³/mol. The number of fused-ring (bicyclic) bond motifs is 1. The Labute approximate surface area is 113 Å².